The number of nitrogens with one attached hydrogen (secondary N) is 1. The van der Waals surface area contributed by atoms with Gasteiger partial charge in [-0.05, 0) is 19.4 Å². The van der Waals surface area contributed by atoms with Gasteiger partial charge in [-0.2, -0.15) is 0 Å². The lowest BCUT2D eigenvalue weighted by Gasteiger charge is -2.18. The largest absolute Gasteiger partial charge is 0.460 e. The number of amides is 1. The Kier molecular flexibility index (Phi) is 8.25. The van der Waals surface area contributed by atoms with Crippen molar-refractivity contribution >= 4 is 17.8 Å². The summed E-state index contributed by atoms with van der Waals surface area (Å²) < 4.78 is 9.98. The van der Waals surface area contributed by atoms with Crippen molar-refractivity contribution in [1.29, 1.82) is 0 Å². The normalized spacial score (nSPS) is 12.0. The summed E-state index contributed by atoms with van der Waals surface area (Å²) in [7, 11) is 0. The molecule has 0 aromatic heterocycles. The minimum absolute atomic E-state index is 0.0296. The topological polar surface area (TPSA) is 81.7 Å². The van der Waals surface area contributed by atoms with Crippen LogP contribution in [0.3, 0.4) is 0 Å². The van der Waals surface area contributed by atoms with Gasteiger partial charge in [-0.1, -0.05) is 37.3 Å². The first kappa shape index (κ1) is 19.4. The highest BCUT2D eigenvalue weighted by molar-refractivity contribution is 5.91. The molecule has 1 atom stereocenters. The van der Waals surface area contributed by atoms with Crippen LogP contribution in [0.15, 0.2) is 42.5 Å². The lowest BCUT2D eigenvalue weighted by atomic mass is 10.1. The Morgan fingerprint density at radius 2 is 1.71 bits per heavy atom. The second-order valence-electron chi connectivity index (χ2n) is 5.33. The summed E-state index contributed by atoms with van der Waals surface area (Å²) in [5.74, 6) is -1.43. The summed E-state index contributed by atoms with van der Waals surface area (Å²) in [6.45, 7) is 5.14. The predicted molar refractivity (Wildman–Crippen MR) is 88.9 cm³/mol. The fourth-order valence-electron chi connectivity index (χ4n) is 1.82. The van der Waals surface area contributed by atoms with Crippen LogP contribution < -0.4 is 5.32 Å². The van der Waals surface area contributed by atoms with Crippen molar-refractivity contribution in [2.45, 2.75) is 39.3 Å². The fraction of sp³-hybridized carbons (Fsp3) is 0.389. The zero-order chi connectivity index (χ0) is 17.9. The van der Waals surface area contributed by atoms with Gasteiger partial charge in [-0.15, -0.1) is 0 Å². The van der Waals surface area contributed by atoms with Crippen LogP contribution in [0, 0.1) is 0 Å². The molecule has 0 radical (unpaired) electrons. The molecular weight excluding hydrogens is 310 g/mol. The van der Waals surface area contributed by atoms with E-state index in [1.54, 1.807) is 20.8 Å². The van der Waals surface area contributed by atoms with Gasteiger partial charge in [0.1, 0.15) is 6.61 Å². The third-order valence-electron chi connectivity index (χ3n) is 2.96. The third kappa shape index (κ3) is 7.58. The van der Waals surface area contributed by atoms with Gasteiger partial charge in [0, 0.05) is 18.6 Å². The molecule has 130 valence electrons. The van der Waals surface area contributed by atoms with E-state index in [9.17, 15) is 14.4 Å². The van der Waals surface area contributed by atoms with Crippen molar-refractivity contribution in [3.63, 3.8) is 0 Å². The molecule has 0 heterocycles. The van der Waals surface area contributed by atoms with Crippen LogP contribution in [0.1, 0.15) is 38.8 Å². The molecule has 0 saturated carbocycles. The van der Waals surface area contributed by atoms with Gasteiger partial charge in [0.15, 0.2) is 0 Å². The molecule has 1 amide bonds. The number of rotatable bonds is 8. The molecule has 0 saturated heterocycles. The SMILES string of the molecule is CCC(=O)NC(COC(=O)/C=C/C(=O)OC(C)C)c1ccccc1. The van der Waals surface area contributed by atoms with Crippen molar-refractivity contribution < 1.29 is 23.9 Å². The Hall–Kier alpha value is -2.63. The number of hydrogen-bond donors (Lipinski definition) is 1. The van der Waals surface area contributed by atoms with E-state index < -0.39 is 18.0 Å². The molecule has 0 aliphatic carbocycles. The molecule has 0 spiro atoms. The van der Waals surface area contributed by atoms with Gasteiger partial charge in [0.2, 0.25) is 5.91 Å². The van der Waals surface area contributed by atoms with Gasteiger partial charge in [0.25, 0.3) is 0 Å². The quantitative estimate of drug-likeness (QED) is 0.583. The summed E-state index contributed by atoms with van der Waals surface area (Å²) in [6.07, 6.45) is 2.10. The Balaban J connectivity index is 2.61. The summed E-state index contributed by atoms with van der Waals surface area (Å²) in [5.41, 5.74) is 0.829. The van der Waals surface area contributed by atoms with Crippen LogP contribution >= 0.6 is 0 Å². The Bertz CT molecular complexity index is 580. The molecular formula is C18H23NO5. The van der Waals surface area contributed by atoms with Crippen LogP contribution in [0.2, 0.25) is 0 Å². The number of hydrogen-bond acceptors (Lipinski definition) is 5. The number of carbonyl (C=O) groups excluding carboxylic acids is 3. The van der Waals surface area contributed by atoms with E-state index in [2.05, 4.69) is 5.32 Å². The lowest BCUT2D eigenvalue weighted by molar-refractivity contribution is -0.143. The molecule has 0 aliphatic rings. The molecule has 0 fully saturated rings. The van der Waals surface area contributed by atoms with Crippen LogP contribution in [-0.4, -0.2) is 30.6 Å². The summed E-state index contributed by atoms with van der Waals surface area (Å²) >= 11 is 0. The molecule has 1 rings (SSSR count). The summed E-state index contributed by atoms with van der Waals surface area (Å²) in [5, 5.41) is 2.80. The number of carbonyl (C=O) groups is 3. The van der Waals surface area contributed by atoms with Gasteiger partial charge in [0.05, 0.1) is 12.1 Å². The van der Waals surface area contributed by atoms with Gasteiger partial charge in [-0.25, -0.2) is 9.59 Å². The highest BCUT2D eigenvalue weighted by Crippen LogP contribution is 2.13. The monoisotopic (exact) mass is 333 g/mol. The molecule has 6 nitrogen and oxygen atoms in total. The van der Waals surface area contributed by atoms with E-state index in [0.29, 0.717) is 6.42 Å². The van der Waals surface area contributed by atoms with E-state index >= 15 is 0 Å². The third-order valence-corrected chi connectivity index (χ3v) is 2.96. The molecule has 1 N–H and O–H groups in total. The van der Waals surface area contributed by atoms with E-state index in [1.807, 2.05) is 30.3 Å². The molecule has 1 aromatic rings. The van der Waals surface area contributed by atoms with Crippen molar-refractivity contribution in [2.75, 3.05) is 6.61 Å². The van der Waals surface area contributed by atoms with Crippen LogP contribution in [0.25, 0.3) is 0 Å². The van der Waals surface area contributed by atoms with Gasteiger partial charge < -0.3 is 14.8 Å². The van der Waals surface area contributed by atoms with Crippen molar-refractivity contribution in [3.8, 4) is 0 Å². The van der Waals surface area contributed by atoms with E-state index in [4.69, 9.17) is 9.47 Å². The number of ether oxygens (including phenoxy) is 2. The predicted octanol–water partition coefficient (Wildman–Crippen LogP) is 2.30. The molecule has 0 aliphatic heterocycles. The summed E-state index contributed by atoms with van der Waals surface area (Å²) in [4.78, 5) is 34.7. The van der Waals surface area contributed by atoms with Crippen molar-refractivity contribution in [1.82, 2.24) is 5.32 Å². The smallest absolute Gasteiger partial charge is 0.331 e. The molecule has 6 heteroatoms. The van der Waals surface area contributed by atoms with Gasteiger partial charge >= 0.3 is 11.9 Å². The van der Waals surface area contributed by atoms with Crippen molar-refractivity contribution in [3.05, 3.63) is 48.0 Å². The zero-order valence-electron chi connectivity index (χ0n) is 14.2. The Morgan fingerprint density at radius 1 is 1.08 bits per heavy atom. The fourth-order valence-corrected chi connectivity index (χ4v) is 1.82. The maximum absolute atomic E-state index is 11.7. The second-order valence-corrected chi connectivity index (χ2v) is 5.33. The molecule has 0 bridgehead atoms. The van der Waals surface area contributed by atoms with Crippen LogP contribution in [0.4, 0.5) is 0 Å². The van der Waals surface area contributed by atoms with Gasteiger partial charge in [-0.3, -0.25) is 4.79 Å². The Morgan fingerprint density at radius 3 is 2.29 bits per heavy atom. The second kappa shape index (κ2) is 10.2. The maximum Gasteiger partial charge on any atom is 0.331 e. The first-order valence-electron chi connectivity index (χ1n) is 7.82. The standard InChI is InChI=1S/C18H23NO5/c1-4-16(20)19-15(14-8-6-5-7-9-14)12-23-17(21)10-11-18(22)24-13(2)3/h5-11,13,15H,4,12H2,1-3H3,(H,19,20)/b11-10+. The Labute approximate surface area is 141 Å². The lowest BCUT2D eigenvalue weighted by Crippen LogP contribution is -2.31. The first-order valence-corrected chi connectivity index (χ1v) is 7.82. The van der Waals surface area contributed by atoms with Crippen molar-refractivity contribution in [2.24, 2.45) is 0 Å². The average Bonchev–Trinajstić information content (AvgIpc) is 2.56. The number of esters is 2. The van der Waals surface area contributed by atoms with E-state index in [-0.39, 0.29) is 18.6 Å². The minimum atomic E-state index is -0.678. The minimum Gasteiger partial charge on any atom is -0.460 e. The molecule has 1 aromatic carbocycles. The van der Waals surface area contributed by atoms with Crippen LogP contribution in [-0.2, 0) is 23.9 Å². The molecule has 1 unspecified atom stereocenters. The highest BCUT2D eigenvalue weighted by Gasteiger charge is 2.15. The average molecular weight is 333 g/mol. The zero-order valence-corrected chi connectivity index (χ0v) is 14.2. The molecule has 24 heavy (non-hydrogen) atoms. The summed E-state index contributed by atoms with van der Waals surface area (Å²) in [6, 6.07) is 8.76. The number of benzene rings is 1. The van der Waals surface area contributed by atoms with Crippen LogP contribution in [0.5, 0.6) is 0 Å². The van der Waals surface area contributed by atoms with E-state index in [0.717, 1.165) is 17.7 Å². The maximum atomic E-state index is 11.7. The highest BCUT2D eigenvalue weighted by atomic mass is 16.5. The first-order chi connectivity index (χ1) is 11.4. The van der Waals surface area contributed by atoms with E-state index in [1.165, 1.54) is 0 Å².